The molecule has 10 heteroatoms. The molecule has 12 rings (SSSR count). The highest BCUT2D eigenvalue weighted by Crippen LogP contribution is 2.45. The molecule has 0 aliphatic heterocycles. The van der Waals surface area contributed by atoms with Gasteiger partial charge in [-0.3, -0.25) is 0 Å². The fourth-order valence-electron chi connectivity index (χ4n) is 9.96. The third-order valence-corrected chi connectivity index (χ3v) is 13.6. The second-order valence-corrected chi connectivity index (χ2v) is 18.2. The number of benzene rings is 9. The number of hydrogen-bond acceptors (Lipinski definition) is 9. The fourth-order valence-corrected chi connectivity index (χ4v) is 9.96. The summed E-state index contributed by atoms with van der Waals surface area (Å²) in [6, 6.07) is 80.7. The molecule has 0 atom stereocenters. The van der Waals surface area contributed by atoms with E-state index in [1.807, 2.05) is 182 Å². The van der Waals surface area contributed by atoms with Crippen molar-refractivity contribution in [2.45, 2.75) is 0 Å². The molecule has 0 amide bonds. The summed E-state index contributed by atoms with van der Waals surface area (Å²) in [6.07, 6.45) is 0. The number of rotatable bonds is 9. The Kier molecular flexibility index (Phi) is 11.9. The third-order valence-electron chi connectivity index (χ3n) is 13.6. The van der Waals surface area contributed by atoms with Crippen molar-refractivity contribution < 1.29 is 0 Å². The van der Waals surface area contributed by atoms with Crippen LogP contribution in [0.5, 0.6) is 0 Å². The lowest BCUT2D eigenvalue weighted by molar-refractivity contribution is 1.13. The molecule has 0 N–H and O–H groups in total. The van der Waals surface area contributed by atoms with Gasteiger partial charge in [-0.2, -0.15) is 26.3 Å². The Morgan fingerprint density at radius 3 is 1.13 bits per heavy atom. The number of aromatic nitrogens is 5. The van der Waals surface area contributed by atoms with Gasteiger partial charge in [0, 0.05) is 44.2 Å². The van der Waals surface area contributed by atoms with Crippen molar-refractivity contribution in [3.63, 3.8) is 0 Å². The normalized spacial score (nSPS) is 10.8. The molecule has 12 aromatic rings. The minimum absolute atomic E-state index is 0.324. The summed E-state index contributed by atoms with van der Waals surface area (Å²) in [5, 5.41) is 53.6. The molecule has 0 aliphatic rings. The maximum atomic E-state index is 11.2. The first-order chi connectivity index (χ1) is 37.9. The molecule has 354 valence electrons. The zero-order valence-electron chi connectivity index (χ0n) is 40.8. The molecule has 0 fully saturated rings. The zero-order chi connectivity index (χ0) is 52.4. The van der Waals surface area contributed by atoms with Crippen LogP contribution in [-0.2, 0) is 0 Å². The van der Waals surface area contributed by atoms with Crippen LogP contribution in [0.4, 0.5) is 0 Å². The van der Waals surface area contributed by atoms with Crippen LogP contribution >= 0.6 is 0 Å². The van der Waals surface area contributed by atoms with Gasteiger partial charge in [-0.25, -0.2) is 19.9 Å². The average molecular weight is 981 g/mol. The number of fused-ring (bicyclic) bond motifs is 3. The molecular formula is C67H36N10. The van der Waals surface area contributed by atoms with Crippen LogP contribution < -0.4 is 0 Å². The van der Waals surface area contributed by atoms with Gasteiger partial charge >= 0.3 is 0 Å². The van der Waals surface area contributed by atoms with E-state index >= 15 is 0 Å². The van der Waals surface area contributed by atoms with Gasteiger partial charge in [0.15, 0.2) is 11.6 Å². The van der Waals surface area contributed by atoms with E-state index in [-0.39, 0.29) is 0 Å². The van der Waals surface area contributed by atoms with Crippen molar-refractivity contribution in [3.05, 3.63) is 246 Å². The Hall–Kier alpha value is -11.6. The molecule has 0 bridgehead atoms. The topological polar surface area (TPSA) is 175 Å². The van der Waals surface area contributed by atoms with Crippen LogP contribution in [0.25, 0.3) is 118 Å². The van der Waals surface area contributed by atoms with Gasteiger partial charge in [0.2, 0.25) is 0 Å². The molecule has 3 heterocycles. The lowest BCUT2D eigenvalue weighted by Gasteiger charge is -2.20. The van der Waals surface area contributed by atoms with Gasteiger partial charge in [-0.1, -0.05) is 158 Å². The van der Waals surface area contributed by atoms with Gasteiger partial charge in [0.1, 0.15) is 0 Å². The van der Waals surface area contributed by atoms with E-state index in [1.165, 1.54) is 0 Å². The zero-order valence-corrected chi connectivity index (χ0v) is 40.8. The Balaban J connectivity index is 1.27. The van der Waals surface area contributed by atoms with Crippen LogP contribution in [0.1, 0.15) is 27.8 Å². The molecule has 0 saturated heterocycles. The van der Waals surface area contributed by atoms with E-state index in [1.54, 1.807) is 36.4 Å². The summed E-state index contributed by atoms with van der Waals surface area (Å²) in [4.78, 5) is 21.3. The minimum Gasteiger partial charge on any atom is -0.308 e. The first kappa shape index (κ1) is 46.5. The molecule has 0 unspecified atom stereocenters. The molecule has 10 nitrogen and oxygen atoms in total. The van der Waals surface area contributed by atoms with Crippen molar-refractivity contribution in [1.29, 1.82) is 26.3 Å². The fraction of sp³-hybridized carbons (Fsp3) is 0. The van der Waals surface area contributed by atoms with Crippen LogP contribution in [-0.4, -0.2) is 24.5 Å². The molecule has 77 heavy (non-hydrogen) atoms. The summed E-state index contributed by atoms with van der Waals surface area (Å²) in [7, 11) is 0. The summed E-state index contributed by atoms with van der Waals surface area (Å²) in [5.74, 6) is 0.797. The van der Waals surface area contributed by atoms with Crippen LogP contribution in [0.15, 0.2) is 218 Å². The lowest BCUT2D eigenvalue weighted by Crippen LogP contribution is -2.06. The van der Waals surface area contributed by atoms with Crippen molar-refractivity contribution in [3.8, 4) is 126 Å². The second-order valence-electron chi connectivity index (χ2n) is 18.2. The first-order valence-electron chi connectivity index (χ1n) is 24.5. The van der Waals surface area contributed by atoms with Gasteiger partial charge in [-0.05, 0) is 82.9 Å². The van der Waals surface area contributed by atoms with Crippen molar-refractivity contribution in [2.24, 2.45) is 0 Å². The number of nitriles is 5. The van der Waals surface area contributed by atoms with Gasteiger partial charge in [-0.15, -0.1) is 0 Å². The van der Waals surface area contributed by atoms with E-state index in [0.717, 1.165) is 44.1 Å². The molecule has 9 aromatic carbocycles. The Labute approximate surface area is 442 Å². The van der Waals surface area contributed by atoms with E-state index in [2.05, 4.69) is 34.9 Å². The lowest BCUT2D eigenvalue weighted by atomic mass is 9.96. The molecular weight excluding hydrogens is 945 g/mol. The molecule has 3 aromatic heterocycles. The van der Waals surface area contributed by atoms with E-state index in [0.29, 0.717) is 101 Å². The quantitative estimate of drug-likeness (QED) is 0.136. The van der Waals surface area contributed by atoms with E-state index in [4.69, 9.17) is 19.9 Å². The minimum atomic E-state index is 0.324. The third kappa shape index (κ3) is 8.63. The van der Waals surface area contributed by atoms with Crippen molar-refractivity contribution >= 4 is 21.8 Å². The highest BCUT2D eigenvalue weighted by molar-refractivity contribution is 6.12. The highest BCUT2D eigenvalue weighted by Gasteiger charge is 2.26. The molecule has 0 radical (unpaired) electrons. The van der Waals surface area contributed by atoms with Gasteiger partial charge in [0.25, 0.3) is 0 Å². The van der Waals surface area contributed by atoms with Gasteiger partial charge in [0.05, 0.1) is 97.7 Å². The van der Waals surface area contributed by atoms with E-state index in [9.17, 15) is 26.3 Å². The molecule has 0 spiro atoms. The first-order valence-corrected chi connectivity index (χ1v) is 24.5. The Morgan fingerprint density at radius 1 is 0.286 bits per heavy atom. The number of nitrogens with zero attached hydrogens (tertiary/aromatic N) is 10. The summed E-state index contributed by atoms with van der Waals surface area (Å²) < 4.78 is 2.14. The summed E-state index contributed by atoms with van der Waals surface area (Å²) in [6.45, 7) is 0. The summed E-state index contributed by atoms with van der Waals surface area (Å²) in [5.41, 5.74) is 13.3. The maximum Gasteiger partial charge on any atom is 0.162 e. The van der Waals surface area contributed by atoms with Crippen molar-refractivity contribution in [1.82, 2.24) is 24.5 Å². The van der Waals surface area contributed by atoms with Crippen molar-refractivity contribution in [2.75, 3.05) is 0 Å². The van der Waals surface area contributed by atoms with Crippen LogP contribution in [0.2, 0.25) is 0 Å². The molecule has 0 aliphatic carbocycles. The monoisotopic (exact) mass is 980 g/mol. The van der Waals surface area contributed by atoms with Gasteiger partial charge < -0.3 is 4.57 Å². The Morgan fingerprint density at radius 2 is 0.688 bits per heavy atom. The maximum absolute atomic E-state index is 11.2. The largest absolute Gasteiger partial charge is 0.308 e. The second kappa shape index (κ2) is 19.8. The standard InChI is InChI=1S/C67H36N10/c68-37-42-21-25-53(51(29-42)40-71)49-23-27-55-56-28-24-50(54-26-22-43(38-69)30-52(54)41-72)34-64(56)77(63(55)33-49)65-57(62-36-61(47-17-9-3-10-18-47)73-66(76-62)48-19-11-4-12-20-48)31-44(39-70)32-58(65)67-74-59(45-13-5-1-6-14-45)35-60(75-67)46-15-7-2-8-16-46/h1-36H. The summed E-state index contributed by atoms with van der Waals surface area (Å²) >= 11 is 0. The predicted molar refractivity (Wildman–Crippen MR) is 299 cm³/mol. The van der Waals surface area contributed by atoms with Crippen LogP contribution in [0, 0.1) is 56.7 Å². The SMILES string of the molecule is N#Cc1ccc(-c2ccc3c4ccc(-c5ccc(C#N)cc5C#N)cc4n(-c4c(-c5cc(-c6ccccc6)nc(-c6ccccc6)n5)cc(C#N)cc4-c4nc(-c5ccccc5)cc(-c5ccccc5)n4)c3c2)c(C#N)c1. The molecule has 0 saturated carbocycles. The predicted octanol–water partition coefficient (Wildman–Crippen LogP) is 15.1. The number of hydrogen-bond donors (Lipinski definition) is 0. The average Bonchev–Trinajstić information content (AvgIpc) is 3.92. The highest BCUT2D eigenvalue weighted by atomic mass is 15.0. The van der Waals surface area contributed by atoms with E-state index < -0.39 is 0 Å². The van der Waals surface area contributed by atoms with Crippen LogP contribution in [0.3, 0.4) is 0 Å². The Bertz CT molecular complexity index is 4160. The smallest absolute Gasteiger partial charge is 0.162 e.